The quantitative estimate of drug-likeness (QED) is 0.722. The Kier molecular flexibility index (Phi) is 5.58. The molecule has 136 valence electrons. The molecule has 0 bridgehead atoms. The molecule has 0 aromatic heterocycles. The molecular weight excluding hydrogens is 345 g/mol. The first-order chi connectivity index (χ1) is 11.7. The Hall–Kier alpha value is -2.27. The zero-order valence-electron chi connectivity index (χ0n) is 14.3. The molecule has 25 heavy (non-hydrogen) atoms. The molecule has 1 aliphatic rings. The van der Waals surface area contributed by atoms with Crippen LogP contribution in [0.2, 0.25) is 0 Å². The van der Waals surface area contributed by atoms with Gasteiger partial charge in [0, 0.05) is 0 Å². The first-order valence-corrected chi connectivity index (χ1v) is 9.52. The van der Waals surface area contributed by atoms with Crippen molar-refractivity contribution >= 4 is 15.9 Å². The topological polar surface area (TPSA) is 93.4 Å². The Bertz CT molecular complexity index is 813. The summed E-state index contributed by atoms with van der Waals surface area (Å²) in [6.45, 7) is 3.78. The van der Waals surface area contributed by atoms with Crippen LogP contribution in [0, 0.1) is 22.6 Å². The third-order valence-corrected chi connectivity index (χ3v) is 5.37. The summed E-state index contributed by atoms with van der Waals surface area (Å²) in [5.74, 6) is -1.17. The molecule has 2 rings (SSSR count). The third-order valence-electron chi connectivity index (χ3n) is 4.08. The molecule has 0 radical (unpaired) electrons. The number of aliphatic hydroxyl groups is 1. The number of anilines is 1. The van der Waals surface area contributed by atoms with Crippen LogP contribution in [-0.4, -0.2) is 13.5 Å². The predicted molar refractivity (Wildman–Crippen MR) is 93.2 cm³/mol. The second-order valence-corrected chi connectivity index (χ2v) is 8.27. The fraction of sp³-hybridized carbons (Fsp3) is 0.471. The number of nitrogens with one attached hydrogen (secondary N) is 1. The van der Waals surface area contributed by atoms with E-state index in [1.807, 2.05) is 18.6 Å². The van der Waals surface area contributed by atoms with Crippen molar-refractivity contribution in [2.24, 2.45) is 5.41 Å². The van der Waals surface area contributed by atoms with Crippen LogP contribution in [0.15, 0.2) is 30.3 Å². The van der Waals surface area contributed by atoms with Gasteiger partial charge in [-0.15, -0.1) is 0 Å². The van der Waals surface area contributed by atoms with Crippen LogP contribution < -0.4 is 9.03 Å². The van der Waals surface area contributed by atoms with Gasteiger partial charge in [-0.2, -0.15) is 13.7 Å². The van der Waals surface area contributed by atoms with E-state index < -0.39 is 21.9 Å². The van der Waals surface area contributed by atoms with Crippen molar-refractivity contribution in [3.63, 3.8) is 0 Å². The average Bonchev–Trinajstić information content (AvgIpc) is 2.81. The van der Waals surface area contributed by atoms with Gasteiger partial charge in [0.2, 0.25) is 5.88 Å². The number of halogens is 1. The minimum Gasteiger partial charge on any atom is -0.493 e. The number of rotatable bonds is 7. The Morgan fingerprint density at radius 3 is 2.64 bits per heavy atom. The molecule has 0 aliphatic carbocycles. The van der Waals surface area contributed by atoms with Crippen molar-refractivity contribution in [3.8, 4) is 6.07 Å². The van der Waals surface area contributed by atoms with Crippen molar-refractivity contribution in [2.75, 3.05) is 4.31 Å². The van der Waals surface area contributed by atoms with E-state index in [4.69, 9.17) is 5.26 Å². The molecule has 1 aromatic rings. The molecule has 1 heterocycles. The van der Waals surface area contributed by atoms with E-state index in [1.54, 1.807) is 12.1 Å². The molecule has 2 N–H and O–H groups in total. The predicted octanol–water partition coefficient (Wildman–Crippen LogP) is 3.49. The van der Waals surface area contributed by atoms with Crippen LogP contribution in [0.25, 0.3) is 0 Å². The van der Waals surface area contributed by atoms with Crippen LogP contribution in [0.4, 0.5) is 10.1 Å². The number of benzene rings is 1. The first kappa shape index (κ1) is 19.1. The summed E-state index contributed by atoms with van der Waals surface area (Å²) in [5, 5.41) is 18.3. The highest BCUT2D eigenvalue weighted by molar-refractivity contribution is 7.91. The summed E-state index contributed by atoms with van der Waals surface area (Å²) < 4.78 is 41.0. The Labute approximate surface area is 147 Å². The lowest BCUT2D eigenvalue weighted by molar-refractivity contribution is 0.392. The highest BCUT2D eigenvalue weighted by Crippen LogP contribution is 2.29. The monoisotopic (exact) mass is 367 g/mol. The average molecular weight is 367 g/mol. The lowest BCUT2D eigenvalue weighted by atomic mass is 9.88. The van der Waals surface area contributed by atoms with Crippen molar-refractivity contribution in [1.82, 2.24) is 4.72 Å². The van der Waals surface area contributed by atoms with Crippen molar-refractivity contribution in [3.05, 3.63) is 41.7 Å². The zero-order chi connectivity index (χ0) is 18.7. The second-order valence-electron chi connectivity index (χ2n) is 6.72. The molecule has 0 atom stereocenters. The van der Waals surface area contributed by atoms with Crippen LogP contribution in [0.1, 0.15) is 45.1 Å². The van der Waals surface area contributed by atoms with Crippen molar-refractivity contribution in [2.45, 2.75) is 46.0 Å². The molecule has 0 saturated heterocycles. The van der Waals surface area contributed by atoms with Gasteiger partial charge in [-0.3, -0.25) is 0 Å². The Balaban J connectivity index is 2.01. The van der Waals surface area contributed by atoms with Gasteiger partial charge in [-0.1, -0.05) is 25.0 Å². The summed E-state index contributed by atoms with van der Waals surface area (Å²) in [4.78, 5) is 0. The standard InChI is InChI=1S/C17H22FN3O3S/c1-17(2,12-19)10-5-3-4-7-13-8-6-9-14(16(13)18)21-11-15(22)20-25(21,23)24/h6,8-9,11,20,22H,3-5,7,10H2,1-2H3. The van der Waals surface area contributed by atoms with Gasteiger partial charge in [0.1, 0.15) is 0 Å². The minimum atomic E-state index is -4.01. The highest BCUT2D eigenvalue weighted by Gasteiger charge is 2.31. The van der Waals surface area contributed by atoms with Crippen LogP contribution in [0.5, 0.6) is 0 Å². The lowest BCUT2D eigenvalue weighted by Crippen LogP contribution is -2.30. The molecule has 8 heteroatoms. The largest absolute Gasteiger partial charge is 0.493 e. The van der Waals surface area contributed by atoms with Gasteiger partial charge in [-0.25, -0.2) is 13.4 Å². The van der Waals surface area contributed by atoms with Crippen LogP contribution >= 0.6 is 0 Å². The molecule has 6 nitrogen and oxygen atoms in total. The molecule has 0 fully saturated rings. The van der Waals surface area contributed by atoms with E-state index >= 15 is 0 Å². The lowest BCUT2D eigenvalue weighted by Gasteiger charge is -2.17. The number of hydrogen-bond acceptors (Lipinski definition) is 4. The van der Waals surface area contributed by atoms with Crippen LogP contribution in [0.3, 0.4) is 0 Å². The third kappa shape index (κ3) is 4.63. The summed E-state index contributed by atoms with van der Waals surface area (Å²) in [6, 6.07) is 6.82. The number of nitrogens with zero attached hydrogens (tertiary/aromatic N) is 2. The highest BCUT2D eigenvalue weighted by atomic mass is 32.2. The maximum Gasteiger partial charge on any atom is 0.330 e. The van der Waals surface area contributed by atoms with Gasteiger partial charge in [0.25, 0.3) is 0 Å². The van der Waals surface area contributed by atoms with Gasteiger partial charge in [0.15, 0.2) is 5.82 Å². The minimum absolute atomic E-state index is 0.125. The molecule has 1 aromatic carbocycles. The zero-order valence-corrected chi connectivity index (χ0v) is 15.1. The van der Waals surface area contributed by atoms with E-state index in [2.05, 4.69) is 6.07 Å². The van der Waals surface area contributed by atoms with E-state index in [0.717, 1.165) is 31.9 Å². The number of aliphatic hydroxyl groups excluding tert-OH is 1. The number of aryl methyl sites for hydroxylation is 1. The smallest absolute Gasteiger partial charge is 0.330 e. The summed E-state index contributed by atoms with van der Waals surface area (Å²) in [6.07, 6.45) is 4.68. The fourth-order valence-corrected chi connectivity index (χ4v) is 3.69. The van der Waals surface area contributed by atoms with E-state index in [1.165, 1.54) is 6.07 Å². The van der Waals surface area contributed by atoms with Gasteiger partial charge >= 0.3 is 10.2 Å². The number of unbranched alkanes of at least 4 members (excludes halogenated alkanes) is 2. The normalized spacial score (nSPS) is 16.2. The van der Waals surface area contributed by atoms with Crippen LogP contribution in [-0.2, 0) is 16.6 Å². The SMILES string of the molecule is CC(C)(C#N)CCCCCc1cccc(N2C=C(O)NS2(=O)=O)c1F. The number of nitriles is 1. The summed E-state index contributed by atoms with van der Waals surface area (Å²) in [5.41, 5.74) is -0.0527. The van der Waals surface area contributed by atoms with Crippen molar-refractivity contribution in [1.29, 1.82) is 5.26 Å². The second kappa shape index (κ2) is 7.31. The Morgan fingerprint density at radius 1 is 1.32 bits per heavy atom. The Morgan fingerprint density at radius 2 is 2.04 bits per heavy atom. The summed E-state index contributed by atoms with van der Waals surface area (Å²) in [7, 11) is -4.01. The molecule has 0 unspecified atom stereocenters. The van der Waals surface area contributed by atoms with Gasteiger partial charge in [-0.05, 0) is 44.7 Å². The summed E-state index contributed by atoms with van der Waals surface area (Å²) >= 11 is 0. The first-order valence-electron chi connectivity index (χ1n) is 8.08. The molecule has 0 spiro atoms. The fourth-order valence-electron chi connectivity index (χ4n) is 2.63. The van der Waals surface area contributed by atoms with E-state index in [0.29, 0.717) is 16.3 Å². The van der Waals surface area contributed by atoms with Gasteiger partial charge < -0.3 is 5.11 Å². The number of hydrogen-bond donors (Lipinski definition) is 2. The molecule has 0 saturated carbocycles. The van der Waals surface area contributed by atoms with Crippen molar-refractivity contribution < 1.29 is 17.9 Å². The molecule has 0 amide bonds. The molecular formula is C17H22FN3O3S. The maximum absolute atomic E-state index is 14.7. The maximum atomic E-state index is 14.7. The van der Waals surface area contributed by atoms with Gasteiger partial charge in [0.05, 0.1) is 23.4 Å². The van der Waals surface area contributed by atoms with E-state index in [-0.39, 0.29) is 11.1 Å². The van der Waals surface area contributed by atoms with E-state index in [9.17, 15) is 17.9 Å². The molecule has 1 aliphatic heterocycles.